The van der Waals surface area contributed by atoms with Gasteiger partial charge in [0.05, 0.1) is 24.2 Å². The molecule has 0 radical (unpaired) electrons. The number of halogens is 2. The van der Waals surface area contributed by atoms with Crippen molar-refractivity contribution in [2.75, 3.05) is 46.4 Å². The largest absolute Gasteiger partial charge is 0.497 e. The molecule has 8 heteroatoms. The lowest BCUT2D eigenvalue weighted by Gasteiger charge is -2.34. The van der Waals surface area contributed by atoms with Crippen molar-refractivity contribution in [1.29, 1.82) is 0 Å². The quantitative estimate of drug-likeness (QED) is 0.705. The summed E-state index contributed by atoms with van der Waals surface area (Å²) in [5.74, 6) is 0.377. The number of benzene rings is 2. The number of rotatable bonds is 7. The van der Waals surface area contributed by atoms with Crippen LogP contribution in [0.1, 0.15) is 15.9 Å². The molecule has 3 rings (SSSR count). The van der Waals surface area contributed by atoms with Gasteiger partial charge in [-0.15, -0.1) is 0 Å². The first-order chi connectivity index (χ1) is 14.5. The lowest BCUT2D eigenvalue weighted by Crippen LogP contribution is -2.51. The van der Waals surface area contributed by atoms with Gasteiger partial charge in [-0.3, -0.25) is 14.5 Å². The first-order valence-corrected chi connectivity index (χ1v) is 10.6. The molecule has 1 saturated heterocycles. The zero-order valence-electron chi connectivity index (χ0n) is 16.9. The number of methoxy groups -OCH3 is 1. The second-order valence-electron chi connectivity index (χ2n) is 7.13. The second-order valence-corrected chi connectivity index (χ2v) is 7.97. The lowest BCUT2D eigenvalue weighted by molar-refractivity contribution is -0.131. The minimum atomic E-state index is -0.386. The third kappa shape index (κ3) is 6.11. The van der Waals surface area contributed by atoms with Gasteiger partial charge in [0.15, 0.2) is 0 Å². The topological polar surface area (TPSA) is 61.9 Å². The zero-order chi connectivity index (χ0) is 21.5. The Kier molecular flexibility index (Phi) is 7.96. The van der Waals surface area contributed by atoms with Gasteiger partial charge in [0.2, 0.25) is 5.91 Å². The molecule has 0 spiro atoms. The Hall–Kier alpha value is -2.28. The van der Waals surface area contributed by atoms with Gasteiger partial charge in [-0.2, -0.15) is 0 Å². The number of ether oxygens (including phenoxy) is 1. The molecule has 0 aromatic heterocycles. The summed E-state index contributed by atoms with van der Waals surface area (Å²) < 4.78 is 5.18. The van der Waals surface area contributed by atoms with E-state index in [0.717, 1.165) is 31.8 Å². The van der Waals surface area contributed by atoms with Crippen molar-refractivity contribution in [3.63, 3.8) is 0 Å². The summed E-state index contributed by atoms with van der Waals surface area (Å²) in [6, 6.07) is 12.7. The number of carbonyl (C=O) groups is 2. The van der Waals surface area contributed by atoms with Crippen LogP contribution in [-0.4, -0.2) is 68.0 Å². The number of piperazine rings is 1. The monoisotopic (exact) mass is 449 g/mol. The van der Waals surface area contributed by atoms with Crippen LogP contribution in [0.5, 0.6) is 5.75 Å². The fourth-order valence-electron chi connectivity index (χ4n) is 3.34. The van der Waals surface area contributed by atoms with Crippen LogP contribution in [0.4, 0.5) is 0 Å². The van der Waals surface area contributed by atoms with E-state index in [1.165, 1.54) is 11.6 Å². The Morgan fingerprint density at radius 2 is 1.73 bits per heavy atom. The summed E-state index contributed by atoms with van der Waals surface area (Å²) in [6.45, 7) is 3.83. The maximum absolute atomic E-state index is 12.4. The summed E-state index contributed by atoms with van der Waals surface area (Å²) >= 11 is 11.9. The third-order valence-corrected chi connectivity index (χ3v) is 5.72. The molecule has 1 aliphatic heterocycles. The molecule has 1 heterocycles. The zero-order valence-corrected chi connectivity index (χ0v) is 18.4. The summed E-state index contributed by atoms with van der Waals surface area (Å²) in [7, 11) is 1.66. The number of carbonyl (C=O) groups excluding carboxylic acids is 2. The van der Waals surface area contributed by atoms with E-state index in [0.29, 0.717) is 23.7 Å². The predicted molar refractivity (Wildman–Crippen MR) is 119 cm³/mol. The number of hydrogen-bond donors (Lipinski definition) is 1. The molecule has 1 N–H and O–H groups in total. The van der Waals surface area contributed by atoms with Crippen LogP contribution < -0.4 is 10.1 Å². The van der Waals surface area contributed by atoms with Gasteiger partial charge in [-0.05, 0) is 42.3 Å². The molecule has 1 aliphatic rings. The molecule has 0 saturated carbocycles. The third-order valence-electron chi connectivity index (χ3n) is 5.18. The molecule has 30 heavy (non-hydrogen) atoms. The fourth-order valence-corrected chi connectivity index (χ4v) is 3.83. The van der Waals surface area contributed by atoms with Crippen LogP contribution >= 0.6 is 23.2 Å². The van der Waals surface area contributed by atoms with Crippen molar-refractivity contribution < 1.29 is 14.3 Å². The van der Waals surface area contributed by atoms with Crippen LogP contribution in [0.3, 0.4) is 0 Å². The highest BCUT2D eigenvalue weighted by Crippen LogP contribution is 2.20. The van der Waals surface area contributed by atoms with Crippen LogP contribution in [0.25, 0.3) is 0 Å². The van der Waals surface area contributed by atoms with E-state index in [1.54, 1.807) is 24.1 Å². The number of nitrogens with zero attached hydrogens (tertiary/aromatic N) is 2. The molecule has 2 aromatic rings. The van der Waals surface area contributed by atoms with E-state index in [-0.39, 0.29) is 23.4 Å². The van der Waals surface area contributed by atoms with E-state index >= 15 is 0 Å². The van der Waals surface area contributed by atoms with Gasteiger partial charge in [0.25, 0.3) is 5.91 Å². The molecule has 2 amide bonds. The molecule has 6 nitrogen and oxygen atoms in total. The van der Waals surface area contributed by atoms with E-state index in [9.17, 15) is 9.59 Å². The molecule has 1 fully saturated rings. The van der Waals surface area contributed by atoms with E-state index in [4.69, 9.17) is 27.9 Å². The first-order valence-electron chi connectivity index (χ1n) is 9.82. The number of amides is 2. The number of nitrogens with one attached hydrogen (secondary N) is 1. The van der Waals surface area contributed by atoms with Gasteiger partial charge < -0.3 is 15.0 Å². The van der Waals surface area contributed by atoms with Gasteiger partial charge >= 0.3 is 0 Å². The Balaban J connectivity index is 1.39. The molecule has 0 bridgehead atoms. The van der Waals surface area contributed by atoms with Crippen molar-refractivity contribution in [1.82, 2.24) is 15.1 Å². The Morgan fingerprint density at radius 1 is 1.03 bits per heavy atom. The van der Waals surface area contributed by atoms with E-state index in [2.05, 4.69) is 22.3 Å². The number of hydrogen-bond acceptors (Lipinski definition) is 4. The lowest BCUT2D eigenvalue weighted by atomic mass is 10.1. The molecular weight excluding hydrogens is 425 g/mol. The molecule has 0 unspecified atom stereocenters. The highest BCUT2D eigenvalue weighted by Gasteiger charge is 2.21. The fraction of sp³-hybridized carbons (Fsp3) is 0.364. The normalized spacial score (nSPS) is 14.4. The van der Waals surface area contributed by atoms with Crippen molar-refractivity contribution in [3.05, 3.63) is 63.6 Å². The standard InChI is InChI=1S/C22H25Cl2N3O3/c1-30-18-5-2-16(3-6-18)8-9-26-10-12-27(13-11-26)21(28)15-25-22(29)19-7-4-17(23)14-20(19)24/h2-7,14H,8-13,15H2,1H3,(H,25,29). The van der Waals surface area contributed by atoms with Crippen molar-refractivity contribution in [2.45, 2.75) is 6.42 Å². The van der Waals surface area contributed by atoms with Gasteiger partial charge in [-0.1, -0.05) is 35.3 Å². The van der Waals surface area contributed by atoms with Gasteiger partial charge in [0.1, 0.15) is 5.75 Å². The van der Waals surface area contributed by atoms with Gasteiger partial charge in [-0.25, -0.2) is 0 Å². The van der Waals surface area contributed by atoms with Crippen molar-refractivity contribution in [2.24, 2.45) is 0 Å². The Bertz CT molecular complexity index is 882. The average molecular weight is 450 g/mol. The molecule has 2 aromatic carbocycles. The van der Waals surface area contributed by atoms with Crippen LogP contribution in [-0.2, 0) is 11.2 Å². The van der Waals surface area contributed by atoms with E-state index < -0.39 is 0 Å². The minimum absolute atomic E-state index is 0.0519. The SMILES string of the molecule is COc1ccc(CCN2CCN(C(=O)CNC(=O)c3ccc(Cl)cc3Cl)CC2)cc1. The highest BCUT2D eigenvalue weighted by molar-refractivity contribution is 6.36. The minimum Gasteiger partial charge on any atom is -0.497 e. The van der Waals surface area contributed by atoms with E-state index in [1.807, 2.05) is 12.1 Å². The maximum atomic E-state index is 12.4. The summed E-state index contributed by atoms with van der Waals surface area (Å²) in [6.07, 6.45) is 0.954. The summed E-state index contributed by atoms with van der Waals surface area (Å²) in [5.41, 5.74) is 1.56. The van der Waals surface area contributed by atoms with Crippen LogP contribution in [0.2, 0.25) is 10.0 Å². The predicted octanol–water partition coefficient (Wildman–Crippen LogP) is 3.12. The first kappa shape index (κ1) is 22.4. The Morgan fingerprint density at radius 3 is 2.37 bits per heavy atom. The molecular formula is C22H25Cl2N3O3. The maximum Gasteiger partial charge on any atom is 0.253 e. The summed E-state index contributed by atoms with van der Waals surface area (Å²) in [4.78, 5) is 28.8. The van der Waals surface area contributed by atoms with Crippen LogP contribution in [0, 0.1) is 0 Å². The molecule has 0 aliphatic carbocycles. The van der Waals surface area contributed by atoms with Crippen LogP contribution in [0.15, 0.2) is 42.5 Å². The Labute approximate surface area is 186 Å². The second kappa shape index (κ2) is 10.7. The van der Waals surface area contributed by atoms with Crippen molar-refractivity contribution >= 4 is 35.0 Å². The molecule has 160 valence electrons. The molecule has 0 atom stereocenters. The average Bonchev–Trinajstić information content (AvgIpc) is 2.76. The smallest absolute Gasteiger partial charge is 0.253 e. The van der Waals surface area contributed by atoms with Gasteiger partial charge in [0, 0.05) is 37.7 Å². The summed E-state index contributed by atoms with van der Waals surface area (Å²) in [5, 5.41) is 3.36. The van der Waals surface area contributed by atoms with Crippen molar-refractivity contribution in [3.8, 4) is 5.75 Å². The highest BCUT2D eigenvalue weighted by atomic mass is 35.5.